The van der Waals surface area contributed by atoms with Crippen molar-refractivity contribution in [3.63, 3.8) is 0 Å². The molecule has 0 aromatic heterocycles. The summed E-state index contributed by atoms with van der Waals surface area (Å²) in [5.74, 6) is 0.0946. The quantitative estimate of drug-likeness (QED) is 0.341. The number of rotatable bonds is 6. The lowest BCUT2D eigenvalue weighted by molar-refractivity contribution is 0.100. The van der Waals surface area contributed by atoms with Gasteiger partial charge in [0.1, 0.15) is 0 Å². The molecule has 0 heterocycles. The molecule has 1 aliphatic carbocycles. The Kier molecular flexibility index (Phi) is 5.60. The Morgan fingerprint density at radius 2 is 1.19 bits per heavy atom. The number of benzene rings is 3. The monoisotopic (exact) mass is 409 g/mol. The first-order valence-electron chi connectivity index (χ1n) is 10.8. The van der Waals surface area contributed by atoms with Crippen molar-refractivity contribution in [2.75, 3.05) is 18.0 Å². The molecule has 0 saturated heterocycles. The van der Waals surface area contributed by atoms with Gasteiger partial charge in [0.15, 0.2) is 11.6 Å². The SMILES string of the molecule is CCN(CC)c1ccc(C=C2c3cc(C(C)=O)ccc3-c3ccc(C(C)=O)cc32)cc1. The molecule has 0 aliphatic heterocycles. The number of carbonyl (C=O) groups is 2. The zero-order chi connectivity index (χ0) is 22.1. The van der Waals surface area contributed by atoms with Crippen molar-refractivity contribution >= 4 is 28.9 Å². The molecule has 0 spiro atoms. The first kappa shape index (κ1) is 20.8. The van der Waals surface area contributed by atoms with Gasteiger partial charge in [-0.25, -0.2) is 0 Å². The fourth-order valence-electron chi connectivity index (χ4n) is 4.28. The van der Waals surface area contributed by atoms with Gasteiger partial charge >= 0.3 is 0 Å². The lowest BCUT2D eigenvalue weighted by atomic mass is 9.97. The number of anilines is 1. The van der Waals surface area contributed by atoms with Crippen LogP contribution >= 0.6 is 0 Å². The minimum atomic E-state index is 0.0473. The summed E-state index contributed by atoms with van der Waals surface area (Å²) in [6, 6.07) is 20.3. The van der Waals surface area contributed by atoms with Crippen molar-refractivity contribution in [1.82, 2.24) is 0 Å². The highest BCUT2D eigenvalue weighted by Crippen LogP contribution is 2.46. The van der Waals surface area contributed by atoms with E-state index in [1.165, 1.54) is 5.69 Å². The standard InChI is InChI=1S/C28H27NO2/c1-5-29(6-2)23-11-7-20(8-12-23)15-26-27-16-21(18(3)30)9-13-24(27)25-14-10-22(19(4)31)17-28(25)26/h7-17H,5-6H2,1-4H3. The van der Waals surface area contributed by atoms with Crippen LogP contribution in [0.4, 0.5) is 5.69 Å². The maximum atomic E-state index is 12.0. The fraction of sp³-hybridized carbons (Fsp3) is 0.214. The van der Waals surface area contributed by atoms with Gasteiger partial charge in [-0.1, -0.05) is 36.4 Å². The number of fused-ring (bicyclic) bond motifs is 3. The summed E-state index contributed by atoms with van der Waals surface area (Å²) in [7, 11) is 0. The Labute approximate surface area is 184 Å². The van der Waals surface area contributed by atoms with Gasteiger partial charge in [-0.3, -0.25) is 9.59 Å². The van der Waals surface area contributed by atoms with Crippen molar-refractivity contribution in [3.05, 3.63) is 88.5 Å². The molecule has 31 heavy (non-hydrogen) atoms. The second-order valence-electron chi connectivity index (χ2n) is 7.95. The first-order chi connectivity index (χ1) is 14.9. The van der Waals surface area contributed by atoms with Crippen molar-refractivity contribution in [1.29, 1.82) is 0 Å². The molecular weight excluding hydrogens is 382 g/mol. The molecule has 3 nitrogen and oxygen atoms in total. The topological polar surface area (TPSA) is 37.4 Å². The fourth-order valence-corrected chi connectivity index (χ4v) is 4.28. The number of carbonyl (C=O) groups excluding carboxylic acids is 2. The molecule has 0 saturated carbocycles. The Balaban J connectivity index is 1.86. The zero-order valence-electron chi connectivity index (χ0n) is 18.5. The average Bonchev–Trinajstić information content (AvgIpc) is 3.08. The molecule has 3 heteroatoms. The number of nitrogens with zero attached hydrogens (tertiary/aromatic N) is 1. The molecule has 4 rings (SSSR count). The third kappa shape index (κ3) is 3.84. The summed E-state index contributed by atoms with van der Waals surface area (Å²) >= 11 is 0. The maximum absolute atomic E-state index is 12.0. The van der Waals surface area contributed by atoms with E-state index in [2.05, 4.69) is 49.1 Å². The lowest BCUT2D eigenvalue weighted by Crippen LogP contribution is -2.21. The van der Waals surface area contributed by atoms with E-state index in [9.17, 15) is 9.59 Å². The maximum Gasteiger partial charge on any atom is 0.159 e. The molecule has 0 amide bonds. The highest BCUT2D eigenvalue weighted by atomic mass is 16.1. The van der Waals surface area contributed by atoms with Crippen LogP contribution in [-0.4, -0.2) is 24.7 Å². The van der Waals surface area contributed by atoms with E-state index in [1.807, 2.05) is 36.4 Å². The summed E-state index contributed by atoms with van der Waals surface area (Å²) in [5.41, 5.74) is 9.01. The van der Waals surface area contributed by atoms with Crippen LogP contribution in [0.2, 0.25) is 0 Å². The predicted octanol–water partition coefficient (Wildman–Crippen LogP) is 6.51. The van der Waals surface area contributed by atoms with Crippen LogP contribution in [0.3, 0.4) is 0 Å². The second kappa shape index (κ2) is 8.35. The third-order valence-electron chi connectivity index (χ3n) is 6.06. The summed E-state index contributed by atoms with van der Waals surface area (Å²) < 4.78 is 0. The summed E-state index contributed by atoms with van der Waals surface area (Å²) in [5, 5.41) is 0. The minimum absolute atomic E-state index is 0.0473. The van der Waals surface area contributed by atoms with Crippen molar-refractivity contribution in [3.8, 4) is 11.1 Å². The van der Waals surface area contributed by atoms with Crippen LogP contribution in [0.25, 0.3) is 22.8 Å². The zero-order valence-corrected chi connectivity index (χ0v) is 18.5. The average molecular weight is 410 g/mol. The van der Waals surface area contributed by atoms with E-state index in [0.717, 1.165) is 46.5 Å². The molecule has 3 aromatic rings. The molecule has 0 bridgehead atoms. The lowest BCUT2D eigenvalue weighted by Gasteiger charge is -2.20. The van der Waals surface area contributed by atoms with E-state index in [0.29, 0.717) is 11.1 Å². The summed E-state index contributed by atoms with van der Waals surface area (Å²) in [6.45, 7) is 9.44. The normalized spacial score (nSPS) is 11.7. The second-order valence-corrected chi connectivity index (χ2v) is 7.95. The number of ketones is 2. The van der Waals surface area contributed by atoms with E-state index in [1.54, 1.807) is 13.8 Å². The Bertz CT molecular complexity index is 1130. The molecule has 0 radical (unpaired) electrons. The van der Waals surface area contributed by atoms with E-state index in [-0.39, 0.29) is 11.6 Å². The molecule has 0 atom stereocenters. The molecule has 0 fully saturated rings. The van der Waals surface area contributed by atoms with Gasteiger partial charge in [-0.05, 0) is 91.4 Å². The largest absolute Gasteiger partial charge is 0.372 e. The van der Waals surface area contributed by atoms with Gasteiger partial charge in [0.25, 0.3) is 0 Å². The van der Waals surface area contributed by atoms with Crippen LogP contribution in [0.15, 0.2) is 60.7 Å². The summed E-state index contributed by atoms with van der Waals surface area (Å²) in [6.07, 6.45) is 2.16. The van der Waals surface area contributed by atoms with Crippen LogP contribution in [-0.2, 0) is 0 Å². The Morgan fingerprint density at radius 3 is 1.61 bits per heavy atom. The van der Waals surface area contributed by atoms with Crippen molar-refractivity contribution < 1.29 is 9.59 Å². The van der Waals surface area contributed by atoms with Crippen LogP contribution in [0.5, 0.6) is 0 Å². The first-order valence-corrected chi connectivity index (χ1v) is 10.8. The molecular formula is C28H27NO2. The Hall–Kier alpha value is -3.46. The number of hydrogen-bond acceptors (Lipinski definition) is 3. The van der Waals surface area contributed by atoms with Crippen LogP contribution in [0, 0.1) is 0 Å². The van der Waals surface area contributed by atoms with Crippen LogP contribution < -0.4 is 4.90 Å². The molecule has 3 aromatic carbocycles. The van der Waals surface area contributed by atoms with E-state index < -0.39 is 0 Å². The van der Waals surface area contributed by atoms with Crippen molar-refractivity contribution in [2.45, 2.75) is 27.7 Å². The van der Waals surface area contributed by atoms with Gasteiger partial charge in [0, 0.05) is 29.9 Å². The highest BCUT2D eigenvalue weighted by molar-refractivity contribution is 6.10. The van der Waals surface area contributed by atoms with Gasteiger partial charge in [0.05, 0.1) is 0 Å². The molecule has 0 N–H and O–H groups in total. The number of Topliss-reactive ketones (excluding diaryl/α,β-unsaturated/α-hetero) is 2. The minimum Gasteiger partial charge on any atom is -0.372 e. The molecule has 1 aliphatic rings. The molecule has 156 valence electrons. The van der Waals surface area contributed by atoms with E-state index in [4.69, 9.17) is 0 Å². The van der Waals surface area contributed by atoms with Gasteiger partial charge < -0.3 is 4.90 Å². The molecule has 0 unspecified atom stereocenters. The van der Waals surface area contributed by atoms with Gasteiger partial charge in [0.2, 0.25) is 0 Å². The summed E-state index contributed by atoms with van der Waals surface area (Å²) in [4.78, 5) is 26.3. The van der Waals surface area contributed by atoms with Gasteiger partial charge in [-0.15, -0.1) is 0 Å². The highest BCUT2D eigenvalue weighted by Gasteiger charge is 2.25. The van der Waals surface area contributed by atoms with Crippen molar-refractivity contribution in [2.24, 2.45) is 0 Å². The predicted molar refractivity (Wildman–Crippen MR) is 129 cm³/mol. The third-order valence-corrected chi connectivity index (χ3v) is 6.06. The Morgan fingerprint density at radius 1 is 0.710 bits per heavy atom. The van der Waals surface area contributed by atoms with Crippen LogP contribution in [0.1, 0.15) is 65.1 Å². The van der Waals surface area contributed by atoms with E-state index >= 15 is 0 Å². The smallest absolute Gasteiger partial charge is 0.159 e. The van der Waals surface area contributed by atoms with Gasteiger partial charge in [-0.2, -0.15) is 0 Å². The number of hydrogen-bond donors (Lipinski definition) is 0.